The largest absolute Gasteiger partial charge is 0.315 e. The van der Waals surface area contributed by atoms with E-state index in [0.29, 0.717) is 0 Å². The fraction of sp³-hybridized carbons (Fsp3) is 1.00. The maximum absolute atomic E-state index is 3.56. The Bertz CT molecular complexity index is 182. The number of rotatable bonds is 7. The van der Waals surface area contributed by atoms with E-state index in [9.17, 15) is 0 Å². The Kier molecular flexibility index (Phi) is 7.82. The lowest BCUT2D eigenvalue weighted by Gasteiger charge is -2.26. The van der Waals surface area contributed by atoms with Gasteiger partial charge in [0.25, 0.3) is 0 Å². The van der Waals surface area contributed by atoms with Gasteiger partial charge in [-0.25, -0.2) is 0 Å². The molecule has 0 aliphatic carbocycles. The average Bonchev–Trinajstić information content (AvgIpc) is 2.48. The zero-order valence-corrected chi connectivity index (χ0v) is 12.0. The van der Waals surface area contributed by atoms with E-state index in [4.69, 9.17) is 0 Å². The lowest BCUT2D eigenvalue weighted by atomic mass is 10.1. The van der Waals surface area contributed by atoms with Gasteiger partial charge in [-0.3, -0.25) is 4.90 Å². The van der Waals surface area contributed by atoms with Crippen LogP contribution in [-0.4, -0.2) is 62.7 Å². The minimum atomic E-state index is 0.793. The molecule has 0 aromatic carbocycles. The summed E-state index contributed by atoms with van der Waals surface area (Å²) in [5.41, 5.74) is 0. The van der Waals surface area contributed by atoms with E-state index in [1.165, 1.54) is 51.7 Å². The van der Waals surface area contributed by atoms with Crippen molar-refractivity contribution in [3.05, 3.63) is 0 Å². The molecule has 0 radical (unpaired) electrons. The van der Waals surface area contributed by atoms with Crippen molar-refractivity contribution < 1.29 is 0 Å². The third kappa shape index (κ3) is 7.02. The van der Waals surface area contributed by atoms with Crippen molar-refractivity contribution in [2.45, 2.75) is 45.1 Å². The van der Waals surface area contributed by atoms with Crippen molar-refractivity contribution in [3.8, 4) is 0 Å². The number of nitrogens with zero attached hydrogens (tertiary/aromatic N) is 2. The van der Waals surface area contributed by atoms with E-state index in [2.05, 4.69) is 36.1 Å². The maximum Gasteiger partial charge on any atom is 0.0110 e. The molecule has 17 heavy (non-hydrogen) atoms. The number of likely N-dealkylation sites (tertiary alicyclic amines) is 1. The van der Waals surface area contributed by atoms with Crippen LogP contribution in [0.15, 0.2) is 0 Å². The maximum atomic E-state index is 3.56. The van der Waals surface area contributed by atoms with Gasteiger partial charge in [0.2, 0.25) is 0 Å². The predicted octanol–water partition coefficient (Wildman–Crippen LogP) is 1.79. The van der Waals surface area contributed by atoms with Gasteiger partial charge in [0.05, 0.1) is 0 Å². The molecule has 0 aromatic heterocycles. The Morgan fingerprint density at radius 1 is 1.18 bits per heavy atom. The van der Waals surface area contributed by atoms with E-state index in [1.54, 1.807) is 0 Å². The molecule has 1 heterocycles. The van der Waals surface area contributed by atoms with Crippen molar-refractivity contribution in [2.24, 2.45) is 0 Å². The zero-order chi connectivity index (χ0) is 12.5. The molecule has 0 amide bonds. The molecule has 102 valence electrons. The highest BCUT2D eigenvalue weighted by Gasteiger charge is 2.15. The van der Waals surface area contributed by atoms with Gasteiger partial charge in [-0.05, 0) is 59.9 Å². The second kappa shape index (κ2) is 8.90. The molecule has 1 fully saturated rings. The third-order valence-electron chi connectivity index (χ3n) is 3.73. The van der Waals surface area contributed by atoms with Crippen molar-refractivity contribution in [3.63, 3.8) is 0 Å². The summed E-state index contributed by atoms with van der Waals surface area (Å²) in [7, 11) is 4.28. The summed E-state index contributed by atoms with van der Waals surface area (Å²) >= 11 is 0. The second-order valence-electron chi connectivity index (χ2n) is 5.64. The first-order chi connectivity index (χ1) is 8.20. The molecule has 1 rings (SSSR count). The number of hydrogen-bond acceptors (Lipinski definition) is 3. The van der Waals surface area contributed by atoms with Gasteiger partial charge in [-0.1, -0.05) is 12.8 Å². The lowest BCUT2D eigenvalue weighted by molar-refractivity contribution is 0.214. The average molecular weight is 241 g/mol. The van der Waals surface area contributed by atoms with Crippen LogP contribution in [0.3, 0.4) is 0 Å². The van der Waals surface area contributed by atoms with Gasteiger partial charge in [-0.2, -0.15) is 0 Å². The first kappa shape index (κ1) is 14.9. The topological polar surface area (TPSA) is 18.5 Å². The van der Waals surface area contributed by atoms with E-state index in [1.807, 2.05) is 0 Å². The summed E-state index contributed by atoms with van der Waals surface area (Å²) < 4.78 is 0. The summed E-state index contributed by atoms with van der Waals surface area (Å²) in [5.74, 6) is 0. The Morgan fingerprint density at radius 3 is 2.76 bits per heavy atom. The van der Waals surface area contributed by atoms with Gasteiger partial charge >= 0.3 is 0 Å². The molecule has 1 saturated heterocycles. The fourth-order valence-corrected chi connectivity index (χ4v) is 2.53. The van der Waals surface area contributed by atoms with Crippen LogP contribution < -0.4 is 5.32 Å². The summed E-state index contributed by atoms with van der Waals surface area (Å²) in [6.07, 6.45) is 6.89. The predicted molar refractivity (Wildman–Crippen MR) is 75.5 cm³/mol. The lowest BCUT2D eigenvalue weighted by Crippen LogP contribution is -2.38. The second-order valence-corrected chi connectivity index (χ2v) is 5.64. The van der Waals surface area contributed by atoms with E-state index in [-0.39, 0.29) is 0 Å². The summed E-state index contributed by atoms with van der Waals surface area (Å²) in [4.78, 5) is 4.91. The Hall–Kier alpha value is -0.120. The zero-order valence-electron chi connectivity index (χ0n) is 12.0. The Labute approximate surface area is 108 Å². The van der Waals surface area contributed by atoms with Crippen LogP contribution in [0, 0.1) is 0 Å². The first-order valence-corrected chi connectivity index (χ1v) is 7.29. The van der Waals surface area contributed by atoms with Gasteiger partial charge in [-0.15, -0.1) is 0 Å². The molecule has 1 atom stereocenters. The van der Waals surface area contributed by atoms with E-state index >= 15 is 0 Å². The molecule has 1 unspecified atom stereocenters. The minimum absolute atomic E-state index is 0.793. The van der Waals surface area contributed by atoms with Crippen LogP contribution in [0.4, 0.5) is 0 Å². The summed E-state index contributed by atoms with van der Waals surface area (Å²) in [5, 5.41) is 3.56. The van der Waals surface area contributed by atoms with Gasteiger partial charge < -0.3 is 10.2 Å². The highest BCUT2D eigenvalue weighted by molar-refractivity contribution is 4.72. The normalized spacial score (nSPS) is 22.9. The SMILES string of the molecule is CC1CCCCCN1CCNCCCN(C)C. The quantitative estimate of drug-likeness (QED) is 0.686. The summed E-state index contributed by atoms with van der Waals surface area (Å²) in [6.45, 7) is 8.41. The smallest absolute Gasteiger partial charge is 0.0110 e. The van der Waals surface area contributed by atoms with Gasteiger partial charge in [0.1, 0.15) is 0 Å². The first-order valence-electron chi connectivity index (χ1n) is 7.29. The molecule has 0 bridgehead atoms. The minimum Gasteiger partial charge on any atom is -0.315 e. The summed E-state index contributed by atoms with van der Waals surface area (Å²) in [6, 6.07) is 0.793. The van der Waals surface area contributed by atoms with E-state index < -0.39 is 0 Å². The number of hydrogen-bond donors (Lipinski definition) is 1. The molecular weight excluding hydrogens is 210 g/mol. The van der Waals surface area contributed by atoms with Crippen molar-refractivity contribution in [1.82, 2.24) is 15.1 Å². The molecule has 0 spiro atoms. The van der Waals surface area contributed by atoms with Crippen molar-refractivity contribution >= 4 is 0 Å². The highest BCUT2D eigenvalue weighted by atomic mass is 15.2. The molecule has 0 saturated carbocycles. The monoisotopic (exact) mass is 241 g/mol. The molecular formula is C14H31N3. The van der Waals surface area contributed by atoms with Crippen molar-refractivity contribution in [1.29, 1.82) is 0 Å². The van der Waals surface area contributed by atoms with Crippen LogP contribution in [-0.2, 0) is 0 Å². The molecule has 0 aromatic rings. The van der Waals surface area contributed by atoms with E-state index in [0.717, 1.165) is 19.1 Å². The number of nitrogens with one attached hydrogen (secondary N) is 1. The Balaban J connectivity index is 2.00. The van der Waals surface area contributed by atoms with Crippen LogP contribution in [0.1, 0.15) is 39.0 Å². The molecule has 1 aliphatic rings. The fourth-order valence-electron chi connectivity index (χ4n) is 2.53. The van der Waals surface area contributed by atoms with Crippen LogP contribution in [0.2, 0.25) is 0 Å². The standard InChI is InChI=1S/C14H31N3/c1-14-8-5-4-6-12-17(14)13-10-15-9-7-11-16(2)3/h14-15H,4-13H2,1-3H3. The molecule has 3 nitrogen and oxygen atoms in total. The van der Waals surface area contributed by atoms with Crippen molar-refractivity contribution in [2.75, 3.05) is 46.8 Å². The van der Waals surface area contributed by atoms with Crippen LogP contribution in [0.25, 0.3) is 0 Å². The molecule has 1 N–H and O–H groups in total. The third-order valence-corrected chi connectivity index (χ3v) is 3.73. The van der Waals surface area contributed by atoms with Crippen LogP contribution in [0.5, 0.6) is 0 Å². The molecule has 3 heteroatoms. The Morgan fingerprint density at radius 2 is 2.00 bits per heavy atom. The van der Waals surface area contributed by atoms with Gasteiger partial charge in [0.15, 0.2) is 0 Å². The van der Waals surface area contributed by atoms with Gasteiger partial charge in [0, 0.05) is 19.1 Å². The molecule has 1 aliphatic heterocycles. The highest BCUT2D eigenvalue weighted by Crippen LogP contribution is 2.15. The van der Waals surface area contributed by atoms with Crippen LogP contribution >= 0.6 is 0 Å².